The van der Waals surface area contributed by atoms with E-state index < -0.39 is 0 Å². The molecule has 1 amide bonds. The Morgan fingerprint density at radius 1 is 1.35 bits per heavy atom. The van der Waals surface area contributed by atoms with E-state index in [4.69, 9.17) is 0 Å². The molecule has 5 nitrogen and oxygen atoms in total. The molecule has 0 saturated carbocycles. The van der Waals surface area contributed by atoms with E-state index in [0.717, 1.165) is 50.2 Å². The molecule has 1 aliphatic rings. The van der Waals surface area contributed by atoms with Crippen LogP contribution in [0.4, 0.5) is 0 Å². The van der Waals surface area contributed by atoms with Crippen molar-refractivity contribution >= 4 is 5.91 Å². The second-order valence-corrected chi connectivity index (χ2v) is 7.22. The van der Waals surface area contributed by atoms with Crippen LogP contribution in [0.1, 0.15) is 50.1 Å². The number of aliphatic hydroxyl groups excluding tert-OH is 1. The van der Waals surface area contributed by atoms with Crippen molar-refractivity contribution in [3.05, 3.63) is 17.0 Å². The maximum atomic E-state index is 12.8. The van der Waals surface area contributed by atoms with Crippen molar-refractivity contribution in [1.82, 2.24) is 14.7 Å². The van der Waals surface area contributed by atoms with Gasteiger partial charge in [-0.25, -0.2) is 0 Å². The Kier molecular flexibility index (Phi) is 5.50. The molecule has 0 spiro atoms. The van der Waals surface area contributed by atoms with Crippen molar-refractivity contribution in [3.63, 3.8) is 0 Å². The summed E-state index contributed by atoms with van der Waals surface area (Å²) < 4.78 is 1.89. The van der Waals surface area contributed by atoms with Crippen molar-refractivity contribution in [2.24, 2.45) is 18.4 Å². The normalized spacial score (nSPS) is 19.0. The van der Waals surface area contributed by atoms with Gasteiger partial charge in [-0.15, -0.1) is 0 Å². The third-order valence-electron chi connectivity index (χ3n) is 5.81. The third kappa shape index (κ3) is 3.60. The summed E-state index contributed by atoms with van der Waals surface area (Å²) in [6, 6.07) is 0. The summed E-state index contributed by atoms with van der Waals surface area (Å²) in [5, 5.41) is 14.1. The summed E-state index contributed by atoms with van der Waals surface area (Å²) in [7, 11) is 1.95. The summed E-state index contributed by atoms with van der Waals surface area (Å²) in [6.45, 7) is 9.98. The minimum atomic E-state index is -0.0279. The van der Waals surface area contributed by atoms with E-state index >= 15 is 0 Å². The zero-order chi connectivity index (χ0) is 17.2. The number of aromatic nitrogens is 2. The highest BCUT2D eigenvalue weighted by molar-refractivity contribution is 5.79. The minimum Gasteiger partial charge on any atom is -0.396 e. The highest BCUT2D eigenvalue weighted by Crippen LogP contribution is 2.34. The first-order valence-corrected chi connectivity index (χ1v) is 8.72. The molecule has 0 aromatic carbocycles. The zero-order valence-corrected chi connectivity index (χ0v) is 15.2. The predicted molar refractivity (Wildman–Crippen MR) is 91.2 cm³/mol. The largest absolute Gasteiger partial charge is 0.396 e. The van der Waals surface area contributed by atoms with Crippen molar-refractivity contribution in [3.8, 4) is 0 Å². The van der Waals surface area contributed by atoms with Crippen molar-refractivity contribution in [2.75, 3.05) is 19.7 Å². The quantitative estimate of drug-likeness (QED) is 0.905. The van der Waals surface area contributed by atoms with Crippen LogP contribution in [0.2, 0.25) is 0 Å². The average molecular weight is 321 g/mol. The lowest BCUT2D eigenvalue weighted by atomic mass is 9.77. The van der Waals surface area contributed by atoms with Crippen LogP contribution in [0, 0.1) is 25.2 Å². The van der Waals surface area contributed by atoms with Gasteiger partial charge in [-0.1, -0.05) is 13.8 Å². The van der Waals surface area contributed by atoms with Gasteiger partial charge in [0, 0.05) is 38.4 Å². The second kappa shape index (κ2) is 7.04. The molecule has 0 radical (unpaired) electrons. The average Bonchev–Trinajstić information content (AvgIpc) is 2.80. The molecule has 1 aliphatic heterocycles. The maximum Gasteiger partial charge on any atom is 0.225 e. The Labute approximate surface area is 139 Å². The molecule has 1 N–H and O–H groups in total. The molecule has 1 aromatic heterocycles. The number of aryl methyl sites for hydroxylation is 2. The van der Waals surface area contributed by atoms with E-state index in [0.29, 0.717) is 0 Å². The van der Waals surface area contributed by atoms with E-state index in [1.165, 1.54) is 5.56 Å². The van der Waals surface area contributed by atoms with Gasteiger partial charge in [0.15, 0.2) is 0 Å². The fourth-order valence-electron chi connectivity index (χ4n) is 3.64. The van der Waals surface area contributed by atoms with E-state index in [2.05, 4.69) is 18.9 Å². The third-order valence-corrected chi connectivity index (χ3v) is 5.81. The Hall–Kier alpha value is -1.36. The molecule has 1 fully saturated rings. The Morgan fingerprint density at radius 3 is 2.39 bits per heavy atom. The Balaban J connectivity index is 1.98. The van der Waals surface area contributed by atoms with Gasteiger partial charge in [-0.2, -0.15) is 5.10 Å². The number of rotatable bonds is 5. The van der Waals surface area contributed by atoms with E-state index in [-0.39, 0.29) is 23.8 Å². The van der Waals surface area contributed by atoms with Crippen molar-refractivity contribution in [1.29, 1.82) is 0 Å². The molecule has 5 heteroatoms. The summed E-state index contributed by atoms with van der Waals surface area (Å²) in [5.41, 5.74) is 3.39. The van der Waals surface area contributed by atoms with Gasteiger partial charge in [0.2, 0.25) is 5.91 Å². The predicted octanol–water partition coefficient (Wildman–Crippen LogP) is 2.23. The minimum absolute atomic E-state index is 0.0243. The van der Waals surface area contributed by atoms with Crippen LogP contribution in [-0.4, -0.2) is 45.4 Å². The SMILES string of the molecule is CCC1(CO)CCN(C(=O)C(C)Cc2c(C)nn(C)c2C)CC1. The summed E-state index contributed by atoms with van der Waals surface area (Å²) in [4.78, 5) is 14.7. The van der Waals surface area contributed by atoms with Crippen LogP contribution < -0.4 is 0 Å². The molecule has 2 rings (SSSR count). The van der Waals surface area contributed by atoms with Crippen LogP contribution >= 0.6 is 0 Å². The fourth-order valence-corrected chi connectivity index (χ4v) is 3.64. The lowest BCUT2D eigenvalue weighted by Crippen LogP contribution is -2.46. The van der Waals surface area contributed by atoms with Crippen molar-refractivity contribution < 1.29 is 9.90 Å². The van der Waals surface area contributed by atoms with Crippen LogP contribution in [-0.2, 0) is 18.3 Å². The number of nitrogens with zero attached hydrogens (tertiary/aromatic N) is 3. The molecule has 23 heavy (non-hydrogen) atoms. The van der Waals surface area contributed by atoms with Crippen LogP contribution in [0.5, 0.6) is 0 Å². The number of carbonyl (C=O) groups is 1. The van der Waals surface area contributed by atoms with Gasteiger partial charge in [0.25, 0.3) is 0 Å². The summed E-state index contributed by atoms with van der Waals surface area (Å²) in [6.07, 6.45) is 3.54. The summed E-state index contributed by atoms with van der Waals surface area (Å²) in [5.74, 6) is 0.204. The van der Waals surface area contributed by atoms with Gasteiger partial charge in [0.05, 0.1) is 5.69 Å². The molecule has 130 valence electrons. The lowest BCUT2D eigenvalue weighted by molar-refractivity contribution is -0.138. The van der Waals surface area contributed by atoms with E-state index in [9.17, 15) is 9.90 Å². The number of piperidine rings is 1. The Bertz CT molecular complexity index is 551. The zero-order valence-electron chi connectivity index (χ0n) is 15.2. The Morgan fingerprint density at radius 2 is 1.96 bits per heavy atom. The molecule has 1 aromatic rings. The molecule has 0 aliphatic carbocycles. The number of aliphatic hydroxyl groups is 1. The first-order chi connectivity index (χ1) is 10.8. The number of amides is 1. The maximum absolute atomic E-state index is 12.8. The molecule has 0 bridgehead atoms. The van der Waals surface area contributed by atoms with Crippen LogP contribution in [0.3, 0.4) is 0 Å². The number of hydrogen-bond acceptors (Lipinski definition) is 3. The van der Waals surface area contributed by atoms with E-state index in [1.54, 1.807) is 0 Å². The number of hydrogen-bond donors (Lipinski definition) is 1. The molecule has 2 heterocycles. The van der Waals surface area contributed by atoms with Crippen molar-refractivity contribution in [2.45, 2.75) is 53.4 Å². The monoisotopic (exact) mass is 321 g/mol. The van der Waals surface area contributed by atoms with Gasteiger partial charge in [-0.3, -0.25) is 9.48 Å². The van der Waals surface area contributed by atoms with Gasteiger partial charge in [-0.05, 0) is 50.5 Å². The highest BCUT2D eigenvalue weighted by atomic mass is 16.3. The topological polar surface area (TPSA) is 58.4 Å². The molecular weight excluding hydrogens is 290 g/mol. The lowest BCUT2D eigenvalue weighted by Gasteiger charge is -2.41. The summed E-state index contributed by atoms with van der Waals surface area (Å²) >= 11 is 0. The van der Waals surface area contributed by atoms with Gasteiger partial charge >= 0.3 is 0 Å². The molecular formula is C18H31N3O2. The highest BCUT2D eigenvalue weighted by Gasteiger charge is 2.35. The fraction of sp³-hybridized carbons (Fsp3) is 0.778. The standard InChI is InChI=1S/C18H31N3O2/c1-6-18(12-22)7-9-21(10-8-18)17(23)13(2)11-16-14(3)19-20(5)15(16)4/h13,22H,6-12H2,1-5H3. The van der Waals surface area contributed by atoms with Crippen LogP contribution in [0.15, 0.2) is 0 Å². The first-order valence-electron chi connectivity index (χ1n) is 8.72. The van der Waals surface area contributed by atoms with Gasteiger partial charge in [0.1, 0.15) is 0 Å². The number of likely N-dealkylation sites (tertiary alicyclic amines) is 1. The first kappa shape index (κ1) is 18.0. The smallest absolute Gasteiger partial charge is 0.225 e. The van der Waals surface area contributed by atoms with Crippen LogP contribution in [0.25, 0.3) is 0 Å². The molecule has 1 saturated heterocycles. The molecule has 1 unspecified atom stereocenters. The second-order valence-electron chi connectivity index (χ2n) is 7.22. The number of carbonyl (C=O) groups excluding carboxylic acids is 1. The molecule has 1 atom stereocenters. The van der Waals surface area contributed by atoms with E-state index in [1.807, 2.05) is 30.5 Å². The van der Waals surface area contributed by atoms with Gasteiger partial charge < -0.3 is 10.0 Å².